The molecule has 1 aliphatic heterocycles. The maximum absolute atomic E-state index is 12.1. The molecule has 1 fully saturated rings. The molecule has 0 bridgehead atoms. The lowest BCUT2D eigenvalue weighted by molar-refractivity contribution is -0.216. The first-order valence-electron chi connectivity index (χ1n) is 9.13. The highest BCUT2D eigenvalue weighted by Crippen LogP contribution is 2.38. The van der Waals surface area contributed by atoms with Crippen molar-refractivity contribution in [3.63, 3.8) is 0 Å². The van der Waals surface area contributed by atoms with Gasteiger partial charge in [0.15, 0.2) is 5.79 Å². The summed E-state index contributed by atoms with van der Waals surface area (Å²) in [5.74, 6) is -1.08. The number of rotatable bonds is 8. The molecule has 1 aromatic heterocycles. The summed E-state index contributed by atoms with van der Waals surface area (Å²) >= 11 is 0. The van der Waals surface area contributed by atoms with Crippen LogP contribution >= 0.6 is 8.60 Å². The lowest BCUT2D eigenvalue weighted by atomic mass is 9.97. The topological polar surface area (TPSA) is 132 Å². The second kappa shape index (κ2) is 9.42. The van der Waals surface area contributed by atoms with Crippen LogP contribution in [-0.4, -0.2) is 52.0 Å². The van der Waals surface area contributed by atoms with E-state index in [2.05, 4.69) is 4.98 Å². The van der Waals surface area contributed by atoms with Crippen molar-refractivity contribution in [2.24, 2.45) is 0 Å². The highest BCUT2D eigenvalue weighted by molar-refractivity contribution is 7.41. The Labute approximate surface area is 174 Å². The van der Waals surface area contributed by atoms with E-state index in [9.17, 15) is 19.6 Å². The largest absolute Gasteiger partial charge is 0.427 e. The van der Waals surface area contributed by atoms with E-state index in [1.54, 1.807) is 24.3 Å². The second-order valence-electron chi connectivity index (χ2n) is 7.18. The molecule has 4 unspecified atom stereocenters. The van der Waals surface area contributed by atoms with E-state index in [-0.39, 0.29) is 13.0 Å². The monoisotopic (exact) mass is 436 g/mol. The summed E-state index contributed by atoms with van der Waals surface area (Å²) < 4.78 is 23.4. The molecule has 0 saturated carbocycles. The molecule has 1 saturated heterocycles. The summed E-state index contributed by atoms with van der Waals surface area (Å²) in [6, 6.07) is 7.63. The van der Waals surface area contributed by atoms with Crippen LogP contribution in [0.15, 0.2) is 46.1 Å². The minimum absolute atomic E-state index is 0.119. The molecular weight excluding hydrogens is 414 g/mol. The van der Waals surface area contributed by atoms with Gasteiger partial charge in [-0.1, -0.05) is 17.6 Å². The van der Waals surface area contributed by atoms with Crippen molar-refractivity contribution in [1.29, 1.82) is 0 Å². The SMILES string of the molecule is [B]c1ccc(OP(O)OCC2OC(n3ccc(=O)[nH]c3=O)CC2OC(C)(C)O)cc1. The maximum Gasteiger partial charge on any atom is 0.394 e. The third-order valence-electron chi connectivity index (χ3n) is 4.19. The quantitative estimate of drug-likeness (QED) is 0.301. The summed E-state index contributed by atoms with van der Waals surface area (Å²) in [6.07, 6.45) is -0.578. The lowest BCUT2D eigenvalue weighted by Crippen LogP contribution is -2.36. The van der Waals surface area contributed by atoms with Gasteiger partial charge < -0.3 is 24.0 Å². The van der Waals surface area contributed by atoms with Gasteiger partial charge in [-0.25, -0.2) is 4.79 Å². The van der Waals surface area contributed by atoms with Gasteiger partial charge in [-0.2, -0.15) is 0 Å². The Hall–Kier alpha value is -2.01. The Morgan fingerprint density at radius 2 is 2.00 bits per heavy atom. The Kier molecular flexibility index (Phi) is 7.12. The number of nitrogens with one attached hydrogen (secondary N) is 1. The average Bonchev–Trinajstić information content (AvgIpc) is 3.02. The Balaban J connectivity index is 1.66. The van der Waals surface area contributed by atoms with E-state index in [1.165, 1.54) is 30.7 Å². The smallest absolute Gasteiger partial charge is 0.394 e. The van der Waals surface area contributed by atoms with Gasteiger partial charge in [-0.15, -0.1) is 0 Å². The van der Waals surface area contributed by atoms with Crippen molar-refractivity contribution in [3.05, 3.63) is 57.4 Å². The first kappa shape index (κ1) is 22.7. The number of nitrogens with zero attached hydrogens (tertiary/aromatic N) is 1. The number of aliphatic hydroxyl groups is 1. The predicted molar refractivity (Wildman–Crippen MR) is 109 cm³/mol. The van der Waals surface area contributed by atoms with Crippen molar-refractivity contribution >= 4 is 21.9 Å². The van der Waals surface area contributed by atoms with Crippen molar-refractivity contribution in [1.82, 2.24) is 9.55 Å². The maximum atomic E-state index is 12.1. The zero-order valence-corrected chi connectivity index (χ0v) is 17.3. The van der Waals surface area contributed by atoms with Gasteiger partial charge >= 0.3 is 14.3 Å². The van der Waals surface area contributed by atoms with Crippen molar-refractivity contribution < 1.29 is 28.5 Å². The first-order chi connectivity index (χ1) is 14.1. The zero-order chi connectivity index (χ0) is 21.9. The molecule has 12 heteroatoms. The molecule has 160 valence electrons. The number of hydrogen-bond acceptors (Lipinski definition) is 8. The molecule has 0 aliphatic carbocycles. The lowest BCUT2D eigenvalue weighted by Gasteiger charge is -2.26. The van der Waals surface area contributed by atoms with Crippen LogP contribution < -0.4 is 21.2 Å². The van der Waals surface area contributed by atoms with E-state index >= 15 is 0 Å². The van der Waals surface area contributed by atoms with E-state index in [0.717, 1.165) is 0 Å². The van der Waals surface area contributed by atoms with Gasteiger partial charge in [0.25, 0.3) is 5.56 Å². The number of aromatic amines is 1. The number of benzene rings is 1. The van der Waals surface area contributed by atoms with Crippen LogP contribution in [0.1, 0.15) is 26.5 Å². The molecule has 10 nitrogen and oxygen atoms in total. The second-order valence-corrected chi connectivity index (χ2v) is 8.10. The van der Waals surface area contributed by atoms with Gasteiger partial charge in [0.1, 0.15) is 25.9 Å². The van der Waals surface area contributed by atoms with Gasteiger partial charge in [0, 0.05) is 18.7 Å². The molecule has 1 aromatic carbocycles. The van der Waals surface area contributed by atoms with Crippen molar-refractivity contribution in [3.8, 4) is 5.75 Å². The molecule has 4 atom stereocenters. The fourth-order valence-corrected chi connectivity index (χ4v) is 3.58. The van der Waals surface area contributed by atoms with E-state index in [4.69, 9.17) is 26.4 Å². The summed E-state index contributed by atoms with van der Waals surface area (Å²) in [5, 5.41) is 10.0. The van der Waals surface area contributed by atoms with Crippen molar-refractivity contribution in [2.45, 2.75) is 44.5 Å². The number of aromatic nitrogens is 2. The minimum Gasteiger partial charge on any atom is -0.427 e. The summed E-state index contributed by atoms with van der Waals surface area (Å²) in [4.78, 5) is 35.6. The molecule has 1 aliphatic rings. The minimum atomic E-state index is -2.27. The molecule has 2 aromatic rings. The standard InChI is InChI=1S/C18H22BN2O8P/c1-18(2,24)28-13-9-16(21-8-7-15(22)20-17(21)23)27-14(13)10-26-30(25)29-12-5-3-11(19)4-6-12/h3-8,13-14,16,24-25H,9-10H2,1-2H3,(H,20,22,23). The van der Waals surface area contributed by atoms with Crippen LogP contribution in [0.25, 0.3) is 0 Å². The summed E-state index contributed by atoms with van der Waals surface area (Å²) in [7, 11) is 3.34. The van der Waals surface area contributed by atoms with Crippen LogP contribution in [0.4, 0.5) is 0 Å². The number of ether oxygens (including phenoxy) is 2. The van der Waals surface area contributed by atoms with Crippen LogP contribution in [0, 0.1) is 0 Å². The van der Waals surface area contributed by atoms with Gasteiger partial charge in [0.2, 0.25) is 0 Å². The summed E-state index contributed by atoms with van der Waals surface area (Å²) in [5.41, 5.74) is -0.601. The Morgan fingerprint density at radius 1 is 1.30 bits per heavy atom. The number of hydrogen-bond donors (Lipinski definition) is 3. The molecule has 2 radical (unpaired) electrons. The fraction of sp³-hybridized carbons (Fsp3) is 0.444. The fourth-order valence-electron chi connectivity index (χ4n) is 2.95. The highest BCUT2D eigenvalue weighted by atomic mass is 31.2. The van der Waals surface area contributed by atoms with Crippen LogP contribution in [-0.2, 0) is 14.0 Å². The summed E-state index contributed by atoms with van der Waals surface area (Å²) in [6.45, 7) is 2.81. The van der Waals surface area contributed by atoms with E-state index < -0.39 is 44.1 Å². The molecule has 0 spiro atoms. The Morgan fingerprint density at radius 3 is 2.63 bits per heavy atom. The Bertz CT molecular complexity index is 958. The number of H-pyrrole nitrogens is 1. The highest BCUT2D eigenvalue weighted by Gasteiger charge is 2.40. The molecule has 3 N–H and O–H groups in total. The first-order valence-corrected chi connectivity index (χ1v) is 10.3. The van der Waals surface area contributed by atoms with Crippen LogP contribution in [0.3, 0.4) is 0 Å². The van der Waals surface area contributed by atoms with E-state index in [0.29, 0.717) is 11.2 Å². The molecule has 0 amide bonds. The van der Waals surface area contributed by atoms with Crippen molar-refractivity contribution in [2.75, 3.05) is 6.61 Å². The van der Waals surface area contributed by atoms with Crippen LogP contribution in [0.5, 0.6) is 5.75 Å². The van der Waals surface area contributed by atoms with Gasteiger partial charge in [-0.3, -0.25) is 18.9 Å². The zero-order valence-electron chi connectivity index (χ0n) is 16.4. The van der Waals surface area contributed by atoms with Crippen LogP contribution in [0.2, 0.25) is 0 Å². The molecule has 3 rings (SSSR count). The average molecular weight is 436 g/mol. The molecule has 2 heterocycles. The van der Waals surface area contributed by atoms with Gasteiger partial charge in [-0.05, 0) is 26.0 Å². The van der Waals surface area contributed by atoms with Gasteiger partial charge in [0.05, 0.1) is 12.7 Å². The predicted octanol–water partition coefficient (Wildman–Crippen LogP) is 0.0463. The molecular formula is C18H22BN2O8P. The van der Waals surface area contributed by atoms with E-state index in [1.807, 2.05) is 0 Å². The normalized spacial score (nSPS) is 22.7. The molecule has 30 heavy (non-hydrogen) atoms. The third-order valence-corrected chi connectivity index (χ3v) is 4.93. The third kappa shape index (κ3) is 6.25.